The van der Waals surface area contributed by atoms with Crippen molar-refractivity contribution in [3.63, 3.8) is 0 Å². The zero-order valence-electron chi connectivity index (χ0n) is 17.3. The van der Waals surface area contributed by atoms with Gasteiger partial charge in [-0.3, -0.25) is 4.79 Å². The number of fused-ring (bicyclic) bond motifs is 1. The fraction of sp³-hybridized carbons (Fsp3) is 0.455. The number of amides is 1. The summed E-state index contributed by atoms with van der Waals surface area (Å²) >= 11 is 6.15. The Morgan fingerprint density at radius 3 is 2.83 bits per heavy atom. The lowest BCUT2D eigenvalue weighted by atomic mass is 10.0. The average molecular weight is 448 g/mol. The predicted molar refractivity (Wildman–Crippen MR) is 128 cm³/mol. The van der Waals surface area contributed by atoms with Crippen LogP contribution in [0.4, 0.5) is 5.69 Å². The first-order valence-electron chi connectivity index (χ1n) is 10.1. The van der Waals surface area contributed by atoms with Crippen LogP contribution in [0.25, 0.3) is 10.8 Å². The fourth-order valence-corrected chi connectivity index (χ4v) is 4.49. The number of nitrogens with one attached hydrogen (secondary N) is 3. The van der Waals surface area contributed by atoms with E-state index >= 15 is 0 Å². The second-order valence-corrected chi connectivity index (χ2v) is 9.17. The maximum absolute atomic E-state index is 13.1. The zero-order valence-corrected chi connectivity index (χ0v) is 19.0. The molecule has 3 N–H and O–H groups in total. The molecule has 0 aromatic heterocycles. The molecule has 8 heteroatoms. The summed E-state index contributed by atoms with van der Waals surface area (Å²) in [7, 11) is 1.34. The molecule has 1 amide bonds. The molecule has 1 unspecified atom stereocenters. The summed E-state index contributed by atoms with van der Waals surface area (Å²) in [5.74, 6) is 0.0495. The normalized spacial score (nSPS) is 19.4. The lowest BCUT2D eigenvalue weighted by molar-refractivity contribution is -0.142. The standard InChI is InChI=1S/C22H29N3O3S2/c1-28-22(27)20(7-8-30-2)25-21(26)19-11-15(9-14-5-3-4-6-18(14)19)23-12-16-10-17(29)13-24-16/h3-6,9,11,16-17,20,23-24,29H,7-8,10,12-13H2,1-2H3,(H,25,26)/t16-,17-,20?/m0/s1. The molecule has 0 bridgehead atoms. The van der Waals surface area contributed by atoms with Crippen molar-refractivity contribution >= 4 is 52.7 Å². The van der Waals surface area contributed by atoms with Gasteiger partial charge in [-0.25, -0.2) is 4.79 Å². The summed E-state index contributed by atoms with van der Waals surface area (Å²) < 4.78 is 4.87. The van der Waals surface area contributed by atoms with Gasteiger partial charge in [0.2, 0.25) is 0 Å². The third kappa shape index (κ3) is 5.83. The highest BCUT2D eigenvalue weighted by atomic mass is 32.2. The van der Waals surface area contributed by atoms with E-state index in [1.54, 1.807) is 11.8 Å². The summed E-state index contributed by atoms with van der Waals surface area (Å²) in [6, 6.07) is 11.4. The monoisotopic (exact) mass is 447 g/mol. The minimum Gasteiger partial charge on any atom is -0.467 e. The highest BCUT2D eigenvalue weighted by Crippen LogP contribution is 2.25. The van der Waals surface area contributed by atoms with Crippen LogP contribution in [0.3, 0.4) is 0 Å². The molecule has 162 valence electrons. The van der Waals surface area contributed by atoms with Crippen molar-refractivity contribution in [2.45, 2.75) is 30.2 Å². The van der Waals surface area contributed by atoms with Gasteiger partial charge < -0.3 is 20.7 Å². The molecule has 30 heavy (non-hydrogen) atoms. The van der Waals surface area contributed by atoms with E-state index in [0.29, 0.717) is 23.3 Å². The summed E-state index contributed by atoms with van der Waals surface area (Å²) in [6.07, 6.45) is 3.49. The van der Waals surface area contributed by atoms with Gasteiger partial charge in [0.25, 0.3) is 5.91 Å². The zero-order chi connectivity index (χ0) is 21.5. The van der Waals surface area contributed by atoms with Gasteiger partial charge in [0.05, 0.1) is 7.11 Å². The van der Waals surface area contributed by atoms with Crippen molar-refractivity contribution in [2.75, 3.05) is 37.5 Å². The number of thioether (sulfide) groups is 1. The second-order valence-electron chi connectivity index (χ2n) is 7.45. The molecule has 0 saturated carbocycles. The van der Waals surface area contributed by atoms with Crippen molar-refractivity contribution in [1.29, 1.82) is 0 Å². The molecule has 1 saturated heterocycles. The molecule has 1 aliphatic rings. The van der Waals surface area contributed by atoms with Crippen molar-refractivity contribution in [3.05, 3.63) is 42.0 Å². The molecule has 1 heterocycles. The lowest BCUT2D eigenvalue weighted by Crippen LogP contribution is -2.42. The van der Waals surface area contributed by atoms with Crippen molar-refractivity contribution < 1.29 is 14.3 Å². The minimum atomic E-state index is -0.666. The number of ether oxygens (including phenoxy) is 1. The van der Waals surface area contributed by atoms with E-state index < -0.39 is 12.0 Å². The largest absolute Gasteiger partial charge is 0.467 e. The molecule has 1 fully saturated rings. The van der Waals surface area contributed by atoms with E-state index in [1.165, 1.54) is 7.11 Å². The molecule has 0 aliphatic carbocycles. The molecule has 2 aromatic carbocycles. The summed E-state index contributed by atoms with van der Waals surface area (Å²) in [5.41, 5.74) is 1.42. The second kappa shape index (κ2) is 10.9. The van der Waals surface area contributed by atoms with Crippen molar-refractivity contribution in [2.24, 2.45) is 0 Å². The van der Waals surface area contributed by atoms with E-state index in [2.05, 4.69) is 28.6 Å². The first-order chi connectivity index (χ1) is 14.5. The molecule has 0 radical (unpaired) electrons. The lowest BCUT2D eigenvalue weighted by Gasteiger charge is -2.18. The molecule has 0 spiro atoms. The van der Waals surface area contributed by atoms with E-state index in [1.807, 2.05) is 42.7 Å². The van der Waals surface area contributed by atoms with E-state index in [9.17, 15) is 9.59 Å². The molecular formula is C22H29N3O3S2. The Hall–Kier alpha value is -1.90. The van der Waals surface area contributed by atoms with Crippen LogP contribution >= 0.6 is 24.4 Å². The Bertz CT molecular complexity index is 893. The SMILES string of the molecule is COC(=O)C(CCSC)NC(=O)c1cc(NC[C@@H]2C[C@H](S)CN2)cc2ccccc12. The number of rotatable bonds is 9. The van der Waals surface area contributed by atoms with Crippen LogP contribution in [0, 0.1) is 0 Å². The number of carbonyl (C=O) groups excluding carboxylic acids is 2. The van der Waals surface area contributed by atoms with Gasteiger partial charge in [-0.15, -0.1) is 0 Å². The Morgan fingerprint density at radius 1 is 1.33 bits per heavy atom. The Labute approximate surface area is 187 Å². The quantitative estimate of drug-likeness (QED) is 0.350. The fourth-order valence-electron chi connectivity index (χ4n) is 3.66. The average Bonchev–Trinajstić information content (AvgIpc) is 3.18. The van der Waals surface area contributed by atoms with Crippen LogP contribution < -0.4 is 16.0 Å². The van der Waals surface area contributed by atoms with Crippen LogP contribution in [-0.4, -0.2) is 61.4 Å². The highest BCUT2D eigenvalue weighted by Gasteiger charge is 2.24. The molecular weight excluding hydrogens is 418 g/mol. The Kier molecular flexibility index (Phi) is 8.30. The van der Waals surface area contributed by atoms with Gasteiger partial charge in [0.1, 0.15) is 6.04 Å². The number of carbonyl (C=O) groups is 2. The first-order valence-corrected chi connectivity index (χ1v) is 12.0. The Balaban J connectivity index is 1.81. The molecule has 2 aromatic rings. The van der Waals surface area contributed by atoms with Gasteiger partial charge in [0.15, 0.2) is 0 Å². The minimum absolute atomic E-state index is 0.277. The van der Waals surface area contributed by atoms with Gasteiger partial charge in [0, 0.05) is 35.6 Å². The summed E-state index contributed by atoms with van der Waals surface area (Å²) in [5, 5.41) is 12.0. The van der Waals surface area contributed by atoms with Crippen LogP contribution in [-0.2, 0) is 9.53 Å². The van der Waals surface area contributed by atoms with Crippen molar-refractivity contribution in [1.82, 2.24) is 10.6 Å². The molecule has 3 rings (SSSR count). The van der Waals surface area contributed by atoms with E-state index in [-0.39, 0.29) is 5.91 Å². The van der Waals surface area contributed by atoms with Crippen LogP contribution in [0.15, 0.2) is 36.4 Å². The van der Waals surface area contributed by atoms with Crippen molar-refractivity contribution in [3.8, 4) is 0 Å². The smallest absolute Gasteiger partial charge is 0.328 e. The van der Waals surface area contributed by atoms with Gasteiger partial charge >= 0.3 is 5.97 Å². The number of thiol groups is 1. The van der Waals surface area contributed by atoms with Crippen LogP contribution in [0.1, 0.15) is 23.2 Å². The van der Waals surface area contributed by atoms with E-state index in [4.69, 9.17) is 4.74 Å². The van der Waals surface area contributed by atoms with Gasteiger partial charge in [-0.1, -0.05) is 24.3 Å². The molecule has 3 atom stereocenters. The number of anilines is 1. The van der Waals surface area contributed by atoms with Gasteiger partial charge in [-0.05, 0) is 47.8 Å². The number of hydrogen-bond acceptors (Lipinski definition) is 7. The van der Waals surface area contributed by atoms with Gasteiger partial charge in [-0.2, -0.15) is 24.4 Å². The summed E-state index contributed by atoms with van der Waals surface area (Å²) in [6.45, 7) is 1.67. The number of hydrogen-bond donors (Lipinski definition) is 4. The van der Waals surface area contributed by atoms with E-state index in [0.717, 1.165) is 41.7 Å². The summed E-state index contributed by atoms with van der Waals surface area (Å²) in [4.78, 5) is 25.3. The number of methoxy groups -OCH3 is 1. The molecule has 6 nitrogen and oxygen atoms in total. The predicted octanol–water partition coefficient (Wildman–Crippen LogP) is 2.94. The highest BCUT2D eigenvalue weighted by molar-refractivity contribution is 7.98. The maximum atomic E-state index is 13.1. The topological polar surface area (TPSA) is 79.5 Å². The maximum Gasteiger partial charge on any atom is 0.328 e. The Morgan fingerprint density at radius 2 is 2.13 bits per heavy atom. The number of benzene rings is 2. The van der Waals surface area contributed by atoms with Crippen LogP contribution in [0.5, 0.6) is 0 Å². The number of esters is 1. The molecule has 1 aliphatic heterocycles. The van der Waals surface area contributed by atoms with Crippen LogP contribution in [0.2, 0.25) is 0 Å². The third-order valence-electron chi connectivity index (χ3n) is 5.26. The third-order valence-corrected chi connectivity index (χ3v) is 6.30. The first kappa shape index (κ1) is 22.8.